The van der Waals surface area contributed by atoms with Crippen LogP contribution in [-0.4, -0.2) is 24.5 Å². The fourth-order valence-electron chi connectivity index (χ4n) is 1.86. The van der Waals surface area contributed by atoms with E-state index in [2.05, 4.69) is 17.2 Å². The molecule has 1 aromatic carbocycles. The Kier molecular flexibility index (Phi) is 4.74. The number of aromatic nitrogens is 1. The molecule has 2 aromatic rings. The quantitative estimate of drug-likeness (QED) is 0.921. The van der Waals surface area contributed by atoms with Crippen molar-refractivity contribution in [3.63, 3.8) is 0 Å². The molecule has 0 spiro atoms. The highest BCUT2D eigenvalue weighted by Gasteiger charge is 2.11. The van der Waals surface area contributed by atoms with Crippen LogP contribution in [0.25, 0.3) is 0 Å². The zero-order valence-electron chi connectivity index (χ0n) is 11.9. The van der Waals surface area contributed by atoms with E-state index < -0.39 is 0 Å². The largest absolute Gasteiger partial charge is 0.496 e. The standard InChI is InChI=1S/C15H18N2O2S/c1-10-11(2)20-14(17-10)8-9-16-15(18)12-6-4-5-7-13(12)19-3/h4-7H,8-9H2,1-3H3,(H,16,18). The number of rotatable bonds is 5. The number of nitrogens with one attached hydrogen (secondary N) is 1. The summed E-state index contributed by atoms with van der Waals surface area (Å²) in [4.78, 5) is 17.8. The van der Waals surface area contributed by atoms with Crippen molar-refractivity contribution in [3.8, 4) is 5.75 Å². The number of thiazole rings is 1. The highest BCUT2D eigenvalue weighted by Crippen LogP contribution is 2.18. The molecule has 0 aliphatic rings. The lowest BCUT2D eigenvalue weighted by atomic mass is 10.2. The summed E-state index contributed by atoms with van der Waals surface area (Å²) in [5, 5.41) is 3.95. The minimum Gasteiger partial charge on any atom is -0.496 e. The molecule has 4 nitrogen and oxygen atoms in total. The third kappa shape index (κ3) is 3.36. The minimum atomic E-state index is -0.118. The van der Waals surface area contributed by atoms with Crippen molar-refractivity contribution < 1.29 is 9.53 Å². The van der Waals surface area contributed by atoms with E-state index in [4.69, 9.17) is 4.74 Å². The van der Waals surface area contributed by atoms with E-state index in [0.29, 0.717) is 17.9 Å². The Morgan fingerprint density at radius 1 is 1.35 bits per heavy atom. The summed E-state index contributed by atoms with van der Waals surface area (Å²) in [6, 6.07) is 7.20. The number of nitrogens with zero attached hydrogens (tertiary/aromatic N) is 1. The highest BCUT2D eigenvalue weighted by molar-refractivity contribution is 7.11. The Bertz CT molecular complexity index is 588. The summed E-state index contributed by atoms with van der Waals surface area (Å²) in [5.74, 6) is 0.471. The first-order valence-corrected chi connectivity index (χ1v) is 7.27. The van der Waals surface area contributed by atoms with Gasteiger partial charge in [-0.3, -0.25) is 4.79 Å². The lowest BCUT2D eigenvalue weighted by Gasteiger charge is -2.08. The molecule has 1 heterocycles. The maximum absolute atomic E-state index is 12.1. The van der Waals surface area contributed by atoms with Crippen LogP contribution in [0, 0.1) is 13.8 Å². The number of hydrogen-bond donors (Lipinski definition) is 1. The van der Waals surface area contributed by atoms with Crippen LogP contribution in [0.3, 0.4) is 0 Å². The molecule has 0 bridgehead atoms. The van der Waals surface area contributed by atoms with Crippen molar-refractivity contribution in [2.45, 2.75) is 20.3 Å². The van der Waals surface area contributed by atoms with Gasteiger partial charge in [-0.2, -0.15) is 0 Å². The molecule has 0 fully saturated rings. The molecule has 0 saturated heterocycles. The summed E-state index contributed by atoms with van der Waals surface area (Å²) in [5.41, 5.74) is 1.63. The van der Waals surface area contributed by atoms with Gasteiger partial charge in [0.15, 0.2) is 0 Å². The van der Waals surface area contributed by atoms with E-state index in [1.165, 1.54) is 4.88 Å². The van der Waals surface area contributed by atoms with Crippen molar-refractivity contribution >= 4 is 17.2 Å². The lowest BCUT2D eigenvalue weighted by molar-refractivity contribution is 0.0951. The van der Waals surface area contributed by atoms with E-state index in [-0.39, 0.29) is 5.91 Å². The fraction of sp³-hybridized carbons (Fsp3) is 0.333. The Hall–Kier alpha value is -1.88. The summed E-state index contributed by atoms with van der Waals surface area (Å²) in [6.07, 6.45) is 0.750. The fourth-order valence-corrected chi connectivity index (χ4v) is 2.79. The third-order valence-electron chi connectivity index (χ3n) is 3.05. The lowest BCUT2D eigenvalue weighted by Crippen LogP contribution is -2.26. The van der Waals surface area contributed by atoms with Crippen molar-refractivity contribution in [2.24, 2.45) is 0 Å². The number of methoxy groups -OCH3 is 1. The summed E-state index contributed by atoms with van der Waals surface area (Å²) >= 11 is 1.68. The predicted octanol–water partition coefficient (Wildman–Crippen LogP) is 2.74. The smallest absolute Gasteiger partial charge is 0.255 e. The van der Waals surface area contributed by atoms with E-state index >= 15 is 0 Å². The average molecular weight is 290 g/mol. The second-order valence-electron chi connectivity index (χ2n) is 4.46. The van der Waals surface area contributed by atoms with Crippen LogP contribution in [0.2, 0.25) is 0 Å². The molecule has 2 rings (SSSR count). The van der Waals surface area contributed by atoms with Crippen molar-refractivity contribution in [2.75, 3.05) is 13.7 Å². The Morgan fingerprint density at radius 3 is 2.75 bits per heavy atom. The molecule has 106 valence electrons. The first-order valence-electron chi connectivity index (χ1n) is 6.46. The minimum absolute atomic E-state index is 0.118. The van der Waals surface area contributed by atoms with Gasteiger partial charge in [-0.05, 0) is 26.0 Å². The van der Waals surface area contributed by atoms with Crippen LogP contribution in [0.4, 0.5) is 0 Å². The molecule has 20 heavy (non-hydrogen) atoms. The van der Waals surface area contributed by atoms with Crippen LogP contribution in [0.15, 0.2) is 24.3 Å². The van der Waals surface area contributed by atoms with Crippen LogP contribution in [-0.2, 0) is 6.42 Å². The van der Waals surface area contributed by atoms with Crippen molar-refractivity contribution in [1.82, 2.24) is 10.3 Å². The highest BCUT2D eigenvalue weighted by atomic mass is 32.1. The summed E-state index contributed by atoms with van der Waals surface area (Å²) in [6.45, 7) is 4.63. The number of carbonyl (C=O) groups excluding carboxylic acids is 1. The Labute approximate surface area is 122 Å². The molecule has 0 aliphatic carbocycles. The van der Waals surface area contributed by atoms with E-state index in [9.17, 15) is 4.79 Å². The van der Waals surface area contributed by atoms with Gasteiger partial charge in [0.25, 0.3) is 5.91 Å². The van der Waals surface area contributed by atoms with Gasteiger partial charge in [0, 0.05) is 17.8 Å². The zero-order valence-corrected chi connectivity index (χ0v) is 12.7. The normalized spacial score (nSPS) is 10.3. The van der Waals surface area contributed by atoms with Gasteiger partial charge in [0.2, 0.25) is 0 Å². The Balaban J connectivity index is 1.92. The van der Waals surface area contributed by atoms with Crippen LogP contribution in [0.1, 0.15) is 25.9 Å². The summed E-state index contributed by atoms with van der Waals surface area (Å²) in [7, 11) is 1.56. The van der Waals surface area contributed by atoms with Crippen LogP contribution >= 0.6 is 11.3 Å². The molecule has 0 unspecified atom stereocenters. The van der Waals surface area contributed by atoms with Crippen molar-refractivity contribution in [1.29, 1.82) is 0 Å². The van der Waals surface area contributed by atoms with E-state index in [0.717, 1.165) is 17.1 Å². The van der Waals surface area contributed by atoms with Crippen LogP contribution in [0.5, 0.6) is 5.75 Å². The van der Waals surface area contributed by atoms with E-state index in [1.807, 2.05) is 19.1 Å². The first-order chi connectivity index (χ1) is 9.61. The molecule has 1 N–H and O–H groups in total. The molecule has 0 atom stereocenters. The first kappa shape index (κ1) is 14.5. The molecule has 0 saturated carbocycles. The number of ether oxygens (including phenoxy) is 1. The van der Waals surface area contributed by atoms with Gasteiger partial charge in [-0.1, -0.05) is 12.1 Å². The maximum Gasteiger partial charge on any atom is 0.255 e. The predicted molar refractivity (Wildman–Crippen MR) is 80.6 cm³/mol. The molecular formula is C15H18N2O2S. The van der Waals surface area contributed by atoms with Gasteiger partial charge in [-0.15, -0.1) is 11.3 Å². The maximum atomic E-state index is 12.1. The van der Waals surface area contributed by atoms with Gasteiger partial charge < -0.3 is 10.1 Å². The molecule has 5 heteroatoms. The average Bonchev–Trinajstić information content (AvgIpc) is 2.77. The monoisotopic (exact) mass is 290 g/mol. The second kappa shape index (κ2) is 6.52. The molecule has 1 aromatic heterocycles. The number of para-hydroxylation sites is 1. The molecule has 0 aliphatic heterocycles. The topological polar surface area (TPSA) is 51.2 Å². The molecular weight excluding hydrogens is 272 g/mol. The van der Waals surface area contributed by atoms with Gasteiger partial charge in [0.05, 0.1) is 23.4 Å². The third-order valence-corrected chi connectivity index (χ3v) is 4.18. The Morgan fingerprint density at radius 2 is 2.10 bits per heavy atom. The van der Waals surface area contributed by atoms with Gasteiger partial charge >= 0.3 is 0 Å². The number of aryl methyl sites for hydroxylation is 2. The molecule has 1 amide bonds. The number of amides is 1. The number of benzene rings is 1. The van der Waals surface area contributed by atoms with Crippen molar-refractivity contribution in [3.05, 3.63) is 45.4 Å². The molecule has 0 radical (unpaired) electrons. The SMILES string of the molecule is COc1ccccc1C(=O)NCCc1nc(C)c(C)s1. The summed E-state index contributed by atoms with van der Waals surface area (Å²) < 4.78 is 5.18. The van der Waals surface area contributed by atoms with E-state index in [1.54, 1.807) is 30.6 Å². The number of carbonyl (C=O) groups is 1. The second-order valence-corrected chi connectivity index (χ2v) is 5.74. The van der Waals surface area contributed by atoms with Crippen LogP contribution < -0.4 is 10.1 Å². The van der Waals surface area contributed by atoms with Gasteiger partial charge in [0.1, 0.15) is 5.75 Å². The number of hydrogen-bond acceptors (Lipinski definition) is 4. The van der Waals surface area contributed by atoms with Gasteiger partial charge in [-0.25, -0.2) is 4.98 Å². The zero-order chi connectivity index (χ0) is 14.5.